The molecule has 34 heavy (non-hydrogen) atoms. The smallest absolute Gasteiger partial charge is 0.337 e. The Bertz CT molecular complexity index is 1250. The molecular formula is C25H28N2O6S. The topological polar surface area (TPSA) is 114 Å². The van der Waals surface area contributed by atoms with Gasteiger partial charge in [-0.05, 0) is 54.8 Å². The second-order valence-corrected chi connectivity index (χ2v) is 9.35. The van der Waals surface area contributed by atoms with Crippen molar-refractivity contribution in [3.63, 3.8) is 0 Å². The first-order chi connectivity index (χ1) is 16.2. The van der Waals surface area contributed by atoms with Crippen molar-refractivity contribution in [1.82, 2.24) is 4.72 Å². The minimum atomic E-state index is -3.93. The van der Waals surface area contributed by atoms with Crippen molar-refractivity contribution in [2.24, 2.45) is 0 Å². The summed E-state index contributed by atoms with van der Waals surface area (Å²) in [5.41, 5.74) is 1.99. The van der Waals surface area contributed by atoms with Gasteiger partial charge in [0.2, 0.25) is 10.0 Å². The summed E-state index contributed by atoms with van der Waals surface area (Å²) in [6.07, 6.45) is 0.593. The van der Waals surface area contributed by atoms with Crippen LogP contribution in [0.15, 0.2) is 71.6 Å². The molecule has 0 radical (unpaired) electrons. The van der Waals surface area contributed by atoms with Crippen LogP contribution in [0.5, 0.6) is 11.5 Å². The number of sulfonamides is 1. The van der Waals surface area contributed by atoms with E-state index in [2.05, 4.69) is 10.0 Å². The van der Waals surface area contributed by atoms with Gasteiger partial charge in [-0.15, -0.1) is 0 Å². The predicted molar refractivity (Wildman–Crippen MR) is 130 cm³/mol. The van der Waals surface area contributed by atoms with Crippen LogP contribution in [0.2, 0.25) is 0 Å². The van der Waals surface area contributed by atoms with E-state index in [-0.39, 0.29) is 10.5 Å². The van der Waals surface area contributed by atoms with E-state index in [0.29, 0.717) is 30.2 Å². The molecule has 180 valence electrons. The Kier molecular flexibility index (Phi) is 8.14. The molecule has 0 spiro atoms. The van der Waals surface area contributed by atoms with E-state index in [4.69, 9.17) is 9.47 Å². The maximum atomic E-state index is 12.9. The Morgan fingerprint density at radius 3 is 2.32 bits per heavy atom. The molecule has 0 aliphatic rings. The molecule has 0 unspecified atom stereocenters. The predicted octanol–water partition coefficient (Wildman–Crippen LogP) is 4.10. The fourth-order valence-electron chi connectivity index (χ4n) is 3.51. The molecule has 3 aromatic rings. The van der Waals surface area contributed by atoms with Crippen LogP contribution < -0.4 is 19.5 Å². The molecule has 3 aromatic carbocycles. The van der Waals surface area contributed by atoms with Gasteiger partial charge >= 0.3 is 5.97 Å². The highest BCUT2D eigenvalue weighted by molar-refractivity contribution is 7.89. The first-order valence-electron chi connectivity index (χ1n) is 10.6. The average molecular weight is 485 g/mol. The summed E-state index contributed by atoms with van der Waals surface area (Å²) in [4.78, 5) is 11.7. The zero-order valence-electron chi connectivity index (χ0n) is 19.2. The molecule has 0 fully saturated rings. The first-order valence-corrected chi connectivity index (χ1v) is 12.1. The lowest BCUT2D eigenvalue weighted by molar-refractivity contribution is 0.0697. The lowest BCUT2D eigenvalue weighted by atomic mass is 10.1. The van der Waals surface area contributed by atoms with E-state index in [0.717, 1.165) is 11.1 Å². The first kappa shape index (κ1) is 25.1. The van der Waals surface area contributed by atoms with Crippen molar-refractivity contribution in [3.05, 3.63) is 83.4 Å². The Morgan fingerprint density at radius 1 is 0.971 bits per heavy atom. The summed E-state index contributed by atoms with van der Waals surface area (Å²) >= 11 is 0. The summed E-state index contributed by atoms with van der Waals surface area (Å²) in [6, 6.07) is 18.3. The van der Waals surface area contributed by atoms with Gasteiger partial charge in [-0.2, -0.15) is 0 Å². The van der Waals surface area contributed by atoms with Gasteiger partial charge in [0.05, 0.1) is 24.7 Å². The molecule has 8 nitrogen and oxygen atoms in total. The maximum absolute atomic E-state index is 12.9. The summed E-state index contributed by atoms with van der Waals surface area (Å²) < 4.78 is 38.9. The fraction of sp³-hybridized carbons (Fsp3) is 0.240. The number of carboxylic acids is 1. The normalized spacial score (nSPS) is 12.1. The number of nitrogens with one attached hydrogen (secondary N) is 2. The Morgan fingerprint density at radius 2 is 1.68 bits per heavy atom. The Hall–Kier alpha value is -3.56. The van der Waals surface area contributed by atoms with Crippen LogP contribution in [-0.2, 0) is 16.4 Å². The zero-order chi connectivity index (χ0) is 24.7. The number of hydrogen-bond donors (Lipinski definition) is 3. The number of rotatable bonds is 11. The van der Waals surface area contributed by atoms with Gasteiger partial charge in [0.15, 0.2) is 11.5 Å². The van der Waals surface area contributed by atoms with Gasteiger partial charge in [-0.25, -0.2) is 17.9 Å². The van der Waals surface area contributed by atoms with Crippen molar-refractivity contribution < 1.29 is 27.8 Å². The highest BCUT2D eigenvalue weighted by Crippen LogP contribution is 2.28. The third-order valence-corrected chi connectivity index (χ3v) is 6.88. The van der Waals surface area contributed by atoms with E-state index in [1.807, 2.05) is 42.5 Å². The van der Waals surface area contributed by atoms with Crippen molar-refractivity contribution in [3.8, 4) is 11.5 Å². The van der Waals surface area contributed by atoms with Gasteiger partial charge in [0.1, 0.15) is 0 Å². The van der Waals surface area contributed by atoms with Crippen LogP contribution in [-0.4, -0.2) is 40.3 Å². The minimum absolute atomic E-state index is 0.113. The molecule has 3 N–H and O–H groups in total. The zero-order valence-corrected chi connectivity index (χ0v) is 20.1. The fourth-order valence-corrected chi connectivity index (χ4v) is 4.77. The average Bonchev–Trinajstić information content (AvgIpc) is 2.84. The monoisotopic (exact) mass is 484 g/mol. The second-order valence-electron chi connectivity index (χ2n) is 7.63. The van der Waals surface area contributed by atoms with Crippen molar-refractivity contribution in [1.29, 1.82) is 0 Å². The number of benzene rings is 3. The molecule has 0 aliphatic carbocycles. The molecule has 0 amide bonds. The van der Waals surface area contributed by atoms with Crippen LogP contribution in [0.4, 0.5) is 5.69 Å². The Labute approximate surface area is 199 Å². The van der Waals surface area contributed by atoms with E-state index in [1.54, 1.807) is 27.2 Å². The molecule has 0 aromatic heterocycles. The number of hydrogen-bond acceptors (Lipinski definition) is 6. The highest BCUT2D eigenvalue weighted by atomic mass is 32.2. The highest BCUT2D eigenvalue weighted by Gasteiger charge is 2.21. The summed E-state index contributed by atoms with van der Waals surface area (Å²) in [5.74, 6) is 0.0131. The third-order valence-electron chi connectivity index (χ3n) is 5.34. The maximum Gasteiger partial charge on any atom is 0.337 e. The second kappa shape index (κ2) is 11.0. The Balaban J connectivity index is 1.73. The van der Waals surface area contributed by atoms with Crippen molar-refractivity contribution in [2.45, 2.75) is 24.3 Å². The molecule has 1 atom stereocenters. The quantitative estimate of drug-likeness (QED) is 0.375. The van der Waals surface area contributed by atoms with Crippen LogP contribution in [0.25, 0.3) is 0 Å². The number of ether oxygens (including phenoxy) is 2. The standard InChI is InChI=1S/C25H28N2O6S/c1-17(19-7-5-4-6-8-19)27-34(30,31)20-10-11-22(21(16-20)25(28)29)26-14-13-18-9-12-23(32-2)24(15-18)33-3/h4-12,15-17,26-27H,13-14H2,1-3H3,(H,28,29)/t17-/m0/s1. The van der Waals surface area contributed by atoms with Crippen molar-refractivity contribution >= 4 is 21.7 Å². The van der Waals surface area contributed by atoms with E-state index in [9.17, 15) is 18.3 Å². The number of carboxylic acid groups (broad SMARTS) is 1. The molecular weight excluding hydrogens is 456 g/mol. The number of anilines is 1. The van der Waals surface area contributed by atoms with Crippen molar-refractivity contribution in [2.75, 3.05) is 26.1 Å². The number of aromatic carboxylic acids is 1. The lowest BCUT2D eigenvalue weighted by Crippen LogP contribution is -2.27. The minimum Gasteiger partial charge on any atom is -0.493 e. The summed E-state index contributed by atoms with van der Waals surface area (Å²) in [6.45, 7) is 2.17. The molecule has 0 heterocycles. The van der Waals surface area contributed by atoms with Crippen LogP contribution >= 0.6 is 0 Å². The van der Waals surface area contributed by atoms with Gasteiger partial charge in [0.25, 0.3) is 0 Å². The largest absolute Gasteiger partial charge is 0.493 e. The molecule has 3 rings (SSSR count). The van der Waals surface area contributed by atoms with Gasteiger partial charge in [-0.1, -0.05) is 36.4 Å². The van der Waals surface area contributed by atoms with Gasteiger partial charge in [0, 0.05) is 18.3 Å². The van der Waals surface area contributed by atoms with E-state index in [1.165, 1.54) is 18.2 Å². The van der Waals surface area contributed by atoms with E-state index < -0.39 is 22.0 Å². The lowest BCUT2D eigenvalue weighted by Gasteiger charge is -2.16. The number of methoxy groups -OCH3 is 2. The van der Waals surface area contributed by atoms with Gasteiger partial charge < -0.3 is 19.9 Å². The van der Waals surface area contributed by atoms with E-state index >= 15 is 0 Å². The molecule has 0 saturated heterocycles. The third kappa shape index (κ3) is 6.06. The molecule has 0 aliphatic heterocycles. The van der Waals surface area contributed by atoms with Crippen LogP contribution in [0, 0.1) is 0 Å². The van der Waals surface area contributed by atoms with Crippen LogP contribution in [0.1, 0.15) is 34.5 Å². The summed E-state index contributed by atoms with van der Waals surface area (Å²) in [5, 5.41) is 12.8. The molecule has 9 heteroatoms. The molecule has 0 bridgehead atoms. The summed E-state index contributed by atoms with van der Waals surface area (Å²) in [7, 11) is -0.802. The van der Waals surface area contributed by atoms with Gasteiger partial charge in [-0.3, -0.25) is 0 Å². The SMILES string of the molecule is COc1ccc(CCNc2ccc(S(=O)(=O)N[C@@H](C)c3ccccc3)cc2C(=O)O)cc1OC. The molecule has 0 saturated carbocycles. The number of carbonyl (C=O) groups is 1. The van der Waals surface area contributed by atoms with Crippen LogP contribution in [0.3, 0.4) is 0 Å².